The Hall–Kier alpha value is -2.43. The number of anilines is 1. The summed E-state index contributed by atoms with van der Waals surface area (Å²) in [7, 11) is -3.58. The van der Waals surface area contributed by atoms with E-state index < -0.39 is 26.6 Å². The van der Waals surface area contributed by atoms with Crippen molar-refractivity contribution in [1.82, 2.24) is 5.48 Å². The van der Waals surface area contributed by atoms with Crippen LogP contribution < -0.4 is 10.8 Å². The summed E-state index contributed by atoms with van der Waals surface area (Å²) in [6.07, 6.45) is 0.444. The molecule has 168 valence electrons. The zero-order valence-electron chi connectivity index (χ0n) is 17.4. The summed E-state index contributed by atoms with van der Waals surface area (Å²) in [6.45, 7) is 3.52. The lowest BCUT2D eigenvalue weighted by molar-refractivity contribution is -0.130. The molecule has 1 fully saturated rings. The second-order valence-corrected chi connectivity index (χ2v) is 11.3. The fraction of sp³-hybridized carbons (Fsp3) is 0.429. The molecule has 1 atom stereocenters. The number of hydrogen-bond acceptors (Lipinski definition) is 7. The van der Waals surface area contributed by atoms with Gasteiger partial charge >= 0.3 is 6.09 Å². The zero-order valence-corrected chi connectivity index (χ0v) is 19.0. The maximum atomic E-state index is 13.0. The van der Waals surface area contributed by atoms with Crippen LogP contribution in [0.3, 0.4) is 0 Å². The van der Waals surface area contributed by atoms with Crippen molar-refractivity contribution in [1.29, 1.82) is 0 Å². The number of nitrogens with one attached hydrogen (secondary N) is 2. The number of sulfone groups is 1. The molecule has 2 amide bonds. The predicted molar refractivity (Wildman–Crippen MR) is 119 cm³/mol. The Labute approximate surface area is 185 Å². The summed E-state index contributed by atoms with van der Waals surface area (Å²) in [4.78, 5) is 25.2. The summed E-state index contributed by atoms with van der Waals surface area (Å²) in [5.41, 5.74) is 2.92. The van der Waals surface area contributed by atoms with Crippen LogP contribution in [0.25, 0.3) is 10.4 Å². The second kappa shape index (κ2) is 9.37. The first kappa shape index (κ1) is 23.2. The molecule has 0 aliphatic carbocycles. The van der Waals surface area contributed by atoms with Crippen LogP contribution in [0.15, 0.2) is 36.4 Å². The van der Waals surface area contributed by atoms with Crippen LogP contribution in [-0.4, -0.2) is 37.5 Å². The lowest BCUT2D eigenvalue weighted by Crippen LogP contribution is -2.43. The van der Waals surface area contributed by atoms with Crippen LogP contribution in [0, 0.1) is 0 Å². The fourth-order valence-corrected chi connectivity index (χ4v) is 7.54. The van der Waals surface area contributed by atoms with Gasteiger partial charge < -0.3 is 4.74 Å². The van der Waals surface area contributed by atoms with Crippen molar-refractivity contribution in [2.24, 2.45) is 0 Å². The third kappa shape index (κ3) is 5.08. The SMILES string of the molecule is CC(C)OC(=O)Nc1cccc(-c2ccc([C@@]3(CC(=O)NO)CCCCS3(=O)=O)s2)c1. The van der Waals surface area contributed by atoms with E-state index >= 15 is 0 Å². The molecule has 0 saturated carbocycles. The molecule has 1 saturated heterocycles. The van der Waals surface area contributed by atoms with Crippen LogP contribution in [0.2, 0.25) is 0 Å². The minimum Gasteiger partial charge on any atom is -0.447 e. The summed E-state index contributed by atoms with van der Waals surface area (Å²) >= 11 is 1.30. The predicted octanol–water partition coefficient (Wildman–Crippen LogP) is 4.06. The van der Waals surface area contributed by atoms with Crippen LogP contribution in [0.5, 0.6) is 0 Å². The molecule has 2 heterocycles. The Balaban J connectivity index is 1.93. The zero-order chi connectivity index (χ0) is 22.6. The quantitative estimate of drug-likeness (QED) is 0.436. The number of thiophene rings is 1. The third-order valence-corrected chi connectivity index (χ3v) is 9.25. The van der Waals surface area contributed by atoms with Gasteiger partial charge in [-0.05, 0) is 56.5 Å². The first-order valence-corrected chi connectivity index (χ1v) is 12.5. The van der Waals surface area contributed by atoms with Crippen molar-refractivity contribution in [3.63, 3.8) is 0 Å². The Morgan fingerprint density at radius 2 is 2.00 bits per heavy atom. The Kier molecular flexibility index (Phi) is 7.03. The summed E-state index contributed by atoms with van der Waals surface area (Å²) in [6, 6.07) is 10.7. The van der Waals surface area contributed by atoms with E-state index in [0.29, 0.717) is 29.8 Å². The first-order chi connectivity index (χ1) is 14.7. The lowest BCUT2D eigenvalue weighted by atomic mass is 9.94. The summed E-state index contributed by atoms with van der Waals surface area (Å²) < 4.78 is 29.8. The monoisotopic (exact) mass is 466 g/mol. The van der Waals surface area contributed by atoms with Crippen LogP contribution >= 0.6 is 11.3 Å². The van der Waals surface area contributed by atoms with Gasteiger partial charge in [-0.2, -0.15) is 0 Å². The average Bonchev–Trinajstić information content (AvgIpc) is 3.19. The third-order valence-electron chi connectivity index (χ3n) is 5.20. The molecule has 0 radical (unpaired) electrons. The standard InChI is InChI=1S/C21H26N2O6S2/c1-14(2)29-20(25)22-16-7-5-6-15(12-16)17-8-9-18(30-17)21(13-19(24)23-26)10-3-4-11-31(21,27)28/h5-9,12,14,26H,3-4,10-11,13H2,1-2H3,(H,22,25)(H,23,24)/t21-/m0/s1. The van der Waals surface area contributed by atoms with E-state index in [9.17, 15) is 18.0 Å². The van der Waals surface area contributed by atoms with Gasteiger partial charge in [0.25, 0.3) is 0 Å². The Bertz CT molecular complexity index is 1060. The molecule has 2 aromatic rings. The molecular weight excluding hydrogens is 440 g/mol. The molecule has 8 nitrogen and oxygen atoms in total. The Morgan fingerprint density at radius 1 is 1.23 bits per heavy atom. The molecule has 0 bridgehead atoms. The van der Waals surface area contributed by atoms with E-state index in [1.54, 1.807) is 43.6 Å². The number of rotatable bonds is 6. The van der Waals surface area contributed by atoms with E-state index in [1.165, 1.54) is 11.3 Å². The van der Waals surface area contributed by atoms with Gasteiger partial charge in [0.05, 0.1) is 18.3 Å². The minimum atomic E-state index is -3.58. The topological polar surface area (TPSA) is 122 Å². The maximum Gasteiger partial charge on any atom is 0.411 e. The molecule has 0 spiro atoms. The molecule has 1 aromatic heterocycles. The highest BCUT2D eigenvalue weighted by molar-refractivity contribution is 7.92. The number of amides is 2. The lowest BCUT2D eigenvalue weighted by Gasteiger charge is -2.35. The number of hydroxylamine groups is 1. The van der Waals surface area contributed by atoms with Gasteiger partial charge in [0, 0.05) is 15.4 Å². The van der Waals surface area contributed by atoms with Crippen molar-refractivity contribution in [3.05, 3.63) is 41.3 Å². The molecule has 10 heteroatoms. The van der Waals surface area contributed by atoms with E-state index in [-0.39, 0.29) is 18.3 Å². The first-order valence-electron chi connectivity index (χ1n) is 10.0. The fourth-order valence-electron chi connectivity index (χ4n) is 3.76. The smallest absolute Gasteiger partial charge is 0.411 e. The van der Waals surface area contributed by atoms with E-state index in [0.717, 1.165) is 10.4 Å². The number of carbonyl (C=O) groups is 2. The molecule has 31 heavy (non-hydrogen) atoms. The molecule has 1 aliphatic heterocycles. The minimum absolute atomic E-state index is 0.0102. The van der Waals surface area contributed by atoms with Gasteiger partial charge in [0.1, 0.15) is 4.75 Å². The molecular formula is C21H26N2O6S2. The van der Waals surface area contributed by atoms with Gasteiger partial charge in [0.15, 0.2) is 9.84 Å². The number of benzene rings is 1. The van der Waals surface area contributed by atoms with E-state index in [1.807, 2.05) is 12.1 Å². The van der Waals surface area contributed by atoms with Gasteiger partial charge in [-0.25, -0.2) is 18.7 Å². The van der Waals surface area contributed by atoms with Crippen molar-refractivity contribution >= 4 is 38.9 Å². The van der Waals surface area contributed by atoms with Gasteiger partial charge in [-0.1, -0.05) is 18.6 Å². The molecule has 1 aromatic carbocycles. The number of hydrogen-bond donors (Lipinski definition) is 3. The number of carbonyl (C=O) groups excluding carboxylic acids is 2. The van der Waals surface area contributed by atoms with Crippen molar-refractivity contribution in [2.75, 3.05) is 11.1 Å². The van der Waals surface area contributed by atoms with Gasteiger partial charge in [-0.15, -0.1) is 11.3 Å². The van der Waals surface area contributed by atoms with Crippen LogP contribution in [-0.2, 0) is 24.1 Å². The molecule has 3 rings (SSSR count). The molecule has 1 aliphatic rings. The van der Waals surface area contributed by atoms with Crippen molar-refractivity contribution in [2.45, 2.75) is 50.4 Å². The second-order valence-electron chi connectivity index (χ2n) is 7.81. The van der Waals surface area contributed by atoms with Crippen molar-refractivity contribution in [3.8, 4) is 10.4 Å². The normalized spacial score (nSPS) is 20.3. The van der Waals surface area contributed by atoms with Gasteiger partial charge in [-0.3, -0.25) is 15.3 Å². The molecule has 0 unspecified atom stereocenters. The van der Waals surface area contributed by atoms with Gasteiger partial charge in [0.2, 0.25) is 5.91 Å². The average molecular weight is 467 g/mol. The highest BCUT2D eigenvalue weighted by atomic mass is 32.2. The Morgan fingerprint density at radius 3 is 2.68 bits per heavy atom. The number of ether oxygens (including phenoxy) is 1. The van der Waals surface area contributed by atoms with Crippen LogP contribution in [0.1, 0.15) is 44.4 Å². The van der Waals surface area contributed by atoms with Crippen molar-refractivity contribution < 1.29 is 28.0 Å². The maximum absolute atomic E-state index is 13.0. The summed E-state index contributed by atoms with van der Waals surface area (Å²) in [5, 5.41) is 11.7. The van der Waals surface area contributed by atoms with Crippen LogP contribution in [0.4, 0.5) is 10.5 Å². The highest BCUT2D eigenvalue weighted by Crippen LogP contribution is 2.47. The summed E-state index contributed by atoms with van der Waals surface area (Å²) in [5.74, 6) is -0.716. The van der Waals surface area contributed by atoms with E-state index in [4.69, 9.17) is 9.94 Å². The van der Waals surface area contributed by atoms with E-state index in [2.05, 4.69) is 5.32 Å². The highest BCUT2D eigenvalue weighted by Gasteiger charge is 2.49. The molecule has 3 N–H and O–H groups in total. The largest absolute Gasteiger partial charge is 0.447 e.